The monoisotopic (exact) mass is 342 g/mol. The van der Waals surface area contributed by atoms with Crippen LogP contribution in [0.1, 0.15) is 32.3 Å². The van der Waals surface area contributed by atoms with Crippen LogP contribution in [-0.4, -0.2) is 25.1 Å². The minimum atomic E-state index is -0.0958. The molecule has 0 bridgehead atoms. The van der Waals surface area contributed by atoms with E-state index < -0.39 is 0 Å². The SMILES string of the molecule is CCCNC(=O)COc1ccc(Br)c(CC(N)CC)c1. The average molecular weight is 343 g/mol. The Balaban J connectivity index is 2.58. The van der Waals surface area contributed by atoms with E-state index in [-0.39, 0.29) is 18.6 Å². The maximum absolute atomic E-state index is 11.5. The summed E-state index contributed by atoms with van der Waals surface area (Å²) in [6.45, 7) is 4.80. The fourth-order valence-electron chi connectivity index (χ4n) is 1.69. The number of benzene rings is 1. The Morgan fingerprint density at radius 3 is 2.85 bits per heavy atom. The Labute approximate surface area is 129 Å². The lowest BCUT2D eigenvalue weighted by Gasteiger charge is -2.13. The van der Waals surface area contributed by atoms with Gasteiger partial charge in [-0.05, 0) is 43.0 Å². The molecule has 0 aliphatic heterocycles. The number of ether oxygens (including phenoxy) is 1. The van der Waals surface area contributed by atoms with Crippen LogP contribution in [0.25, 0.3) is 0 Å². The van der Waals surface area contributed by atoms with Crippen molar-refractivity contribution >= 4 is 21.8 Å². The van der Waals surface area contributed by atoms with E-state index in [1.165, 1.54) is 0 Å². The molecule has 3 N–H and O–H groups in total. The summed E-state index contributed by atoms with van der Waals surface area (Å²) in [5.74, 6) is 0.597. The molecule has 1 aromatic carbocycles. The van der Waals surface area contributed by atoms with Crippen molar-refractivity contribution in [3.63, 3.8) is 0 Å². The molecule has 112 valence electrons. The first-order valence-corrected chi connectivity index (χ1v) is 7.79. The molecule has 1 atom stereocenters. The molecular formula is C15H23BrN2O2. The number of hydrogen-bond acceptors (Lipinski definition) is 3. The molecule has 1 rings (SSSR count). The Kier molecular flexibility index (Phi) is 7.62. The van der Waals surface area contributed by atoms with Gasteiger partial charge in [-0.15, -0.1) is 0 Å². The van der Waals surface area contributed by atoms with E-state index in [0.29, 0.717) is 12.3 Å². The summed E-state index contributed by atoms with van der Waals surface area (Å²) < 4.78 is 6.52. The fourth-order valence-corrected chi connectivity index (χ4v) is 2.10. The van der Waals surface area contributed by atoms with Crippen LogP contribution in [0, 0.1) is 0 Å². The van der Waals surface area contributed by atoms with Crippen molar-refractivity contribution in [2.75, 3.05) is 13.2 Å². The molecule has 20 heavy (non-hydrogen) atoms. The van der Waals surface area contributed by atoms with Crippen molar-refractivity contribution in [2.45, 2.75) is 39.2 Å². The Morgan fingerprint density at radius 2 is 2.20 bits per heavy atom. The molecule has 4 nitrogen and oxygen atoms in total. The number of halogens is 1. The van der Waals surface area contributed by atoms with Gasteiger partial charge in [0.25, 0.3) is 5.91 Å². The van der Waals surface area contributed by atoms with Crippen molar-refractivity contribution in [3.8, 4) is 5.75 Å². The van der Waals surface area contributed by atoms with E-state index in [1.807, 2.05) is 25.1 Å². The zero-order valence-corrected chi connectivity index (χ0v) is 13.7. The highest BCUT2D eigenvalue weighted by atomic mass is 79.9. The maximum atomic E-state index is 11.5. The van der Waals surface area contributed by atoms with Crippen LogP contribution in [0.15, 0.2) is 22.7 Å². The zero-order chi connectivity index (χ0) is 15.0. The van der Waals surface area contributed by atoms with Crippen LogP contribution in [-0.2, 0) is 11.2 Å². The van der Waals surface area contributed by atoms with Gasteiger partial charge in [-0.3, -0.25) is 4.79 Å². The molecule has 0 spiro atoms. The van der Waals surface area contributed by atoms with Gasteiger partial charge in [-0.1, -0.05) is 29.8 Å². The molecular weight excluding hydrogens is 320 g/mol. The lowest BCUT2D eigenvalue weighted by Crippen LogP contribution is -2.29. The van der Waals surface area contributed by atoms with E-state index in [9.17, 15) is 4.79 Å². The lowest BCUT2D eigenvalue weighted by molar-refractivity contribution is -0.123. The van der Waals surface area contributed by atoms with Crippen molar-refractivity contribution in [1.82, 2.24) is 5.32 Å². The van der Waals surface area contributed by atoms with Gasteiger partial charge in [-0.2, -0.15) is 0 Å². The highest BCUT2D eigenvalue weighted by Crippen LogP contribution is 2.24. The number of amides is 1. The van der Waals surface area contributed by atoms with Crippen LogP contribution in [0.3, 0.4) is 0 Å². The van der Waals surface area contributed by atoms with E-state index in [0.717, 1.165) is 29.3 Å². The first kappa shape index (κ1) is 17.0. The highest BCUT2D eigenvalue weighted by Gasteiger charge is 2.08. The molecule has 0 fully saturated rings. The molecule has 1 aromatic rings. The summed E-state index contributed by atoms with van der Waals surface area (Å²) in [6.07, 6.45) is 2.64. The standard InChI is InChI=1S/C15H23BrN2O2/c1-3-7-18-15(19)10-20-13-5-6-14(16)11(9-13)8-12(17)4-2/h5-6,9,12H,3-4,7-8,10,17H2,1-2H3,(H,18,19). The number of hydrogen-bond donors (Lipinski definition) is 2. The van der Waals surface area contributed by atoms with Crippen molar-refractivity contribution < 1.29 is 9.53 Å². The number of nitrogens with one attached hydrogen (secondary N) is 1. The minimum absolute atomic E-state index is 0.0426. The van der Waals surface area contributed by atoms with Crippen LogP contribution >= 0.6 is 15.9 Å². The second kappa shape index (κ2) is 8.97. The molecule has 1 unspecified atom stereocenters. The molecule has 5 heteroatoms. The molecule has 0 heterocycles. The van der Waals surface area contributed by atoms with Crippen LogP contribution in [0.2, 0.25) is 0 Å². The molecule has 1 amide bonds. The Morgan fingerprint density at radius 1 is 1.45 bits per heavy atom. The van der Waals surface area contributed by atoms with Gasteiger partial charge in [0.15, 0.2) is 6.61 Å². The number of carbonyl (C=O) groups is 1. The predicted octanol–water partition coefficient (Wildman–Crippen LogP) is 2.63. The third-order valence-corrected chi connectivity index (χ3v) is 3.74. The van der Waals surface area contributed by atoms with Crippen LogP contribution in [0.4, 0.5) is 0 Å². The predicted molar refractivity (Wildman–Crippen MR) is 84.9 cm³/mol. The third kappa shape index (κ3) is 5.92. The van der Waals surface area contributed by atoms with Crippen LogP contribution in [0.5, 0.6) is 5.75 Å². The summed E-state index contributed by atoms with van der Waals surface area (Å²) in [4.78, 5) is 11.5. The molecule has 0 saturated heterocycles. The molecule has 0 aliphatic carbocycles. The van der Waals surface area contributed by atoms with E-state index in [4.69, 9.17) is 10.5 Å². The Hall–Kier alpha value is -1.07. The van der Waals surface area contributed by atoms with Gasteiger partial charge < -0.3 is 15.8 Å². The van der Waals surface area contributed by atoms with Gasteiger partial charge in [0, 0.05) is 17.1 Å². The normalized spacial score (nSPS) is 12.0. The summed E-state index contributed by atoms with van der Waals surface area (Å²) in [5.41, 5.74) is 7.08. The third-order valence-electron chi connectivity index (χ3n) is 2.97. The summed E-state index contributed by atoms with van der Waals surface area (Å²) in [5, 5.41) is 2.78. The molecule has 0 radical (unpaired) electrons. The molecule has 0 aromatic heterocycles. The van der Waals surface area contributed by atoms with Gasteiger partial charge in [0.05, 0.1) is 0 Å². The van der Waals surface area contributed by atoms with Crippen LogP contribution < -0.4 is 15.8 Å². The van der Waals surface area contributed by atoms with E-state index in [1.54, 1.807) is 0 Å². The minimum Gasteiger partial charge on any atom is -0.484 e. The highest BCUT2D eigenvalue weighted by molar-refractivity contribution is 9.10. The van der Waals surface area contributed by atoms with E-state index >= 15 is 0 Å². The number of rotatable bonds is 8. The summed E-state index contributed by atoms with van der Waals surface area (Å²) >= 11 is 3.51. The second-order valence-electron chi connectivity index (χ2n) is 4.76. The summed E-state index contributed by atoms with van der Waals surface area (Å²) in [6, 6.07) is 5.84. The largest absolute Gasteiger partial charge is 0.484 e. The molecule has 0 saturated carbocycles. The average Bonchev–Trinajstić information content (AvgIpc) is 2.45. The van der Waals surface area contributed by atoms with Gasteiger partial charge in [0.2, 0.25) is 0 Å². The zero-order valence-electron chi connectivity index (χ0n) is 12.1. The quantitative estimate of drug-likeness (QED) is 0.763. The van der Waals surface area contributed by atoms with Crippen molar-refractivity contribution in [3.05, 3.63) is 28.2 Å². The number of nitrogens with two attached hydrogens (primary N) is 1. The van der Waals surface area contributed by atoms with Crippen molar-refractivity contribution in [2.24, 2.45) is 5.73 Å². The first-order chi connectivity index (χ1) is 9.56. The first-order valence-electron chi connectivity index (χ1n) is 7.00. The second-order valence-corrected chi connectivity index (χ2v) is 5.62. The van der Waals surface area contributed by atoms with Crippen molar-refractivity contribution in [1.29, 1.82) is 0 Å². The maximum Gasteiger partial charge on any atom is 0.257 e. The van der Waals surface area contributed by atoms with Gasteiger partial charge in [0.1, 0.15) is 5.75 Å². The topological polar surface area (TPSA) is 64.3 Å². The lowest BCUT2D eigenvalue weighted by atomic mass is 10.0. The van der Waals surface area contributed by atoms with Gasteiger partial charge in [-0.25, -0.2) is 0 Å². The fraction of sp³-hybridized carbons (Fsp3) is 0.533. The molecule has 0 aliphatic rings. The summed E-state index contributed by atoms with van der Waals surface area (Å²) in [7, 11) is 0. The van der Waals surface area contributed by atoms with E-state index in [2.05, 4.69) is 28.2 Å². The Bertz CT molecular complexity index is 438. The number of carbonyl (C=O) groups excluding carboxylic acids is 1. The van der Waals surface area contributed by atoms with Gasteiger partial charge >= 0.3 is 0 Å². The smallest absolute Gasteiger partial charge is 0.257 e.